The summed E-state index contributed by atoms with van der Waals surface area (Å²) in [4.78, 5) is 13.9. The number of methoxy groups -OCH3 is 1. The van der Waals surface area contributed by atoms with Gasteiger partial charge in [0, 0.05) is 25.8 Å². The highest BCUT2D eigenvalue weighted by Gasteiger charge is 2.27. The monoisotopic (exact) mass is 262 g/mol. The molecule has 0 unspecified atom stereocenters. The maximum absolute atomic E-state index is 11.6. The van der Waals surface area contributed by atoms with E-state index >= 15 is 0 Å². The van der Waals surface area contributed by atoms with E-state index in [9.17, 15) is 4.79 Å². The van der Waals surface area contributed by atoms with Crippen LogP contribution in [0.15, 0.2) is 18.2 Å². The van der Waals surface area contributed by atoms with Crippen molar-refractivity contribution in [3.05, 3.63) is 29.3 Å². The Kier molecular flexibility index (Phi) is 3.80. The molecule has 1 aromatic rings. The molecule has 0 spiro atoms. The van der Waals surface area contributed by atoms with Crippen LogP contribution < -0.4 is 10.2 Å². The van der Waals surface area contributed by atoms with E-state index in [1.165, 1.54) is 23.9 Å². The highest BCUT2D eigenvalue weighted by Crippen LogP contribution is 2.27. The quantitative estimate of drug-likeness (QED) is 0.839. The van der Waals surface area contributed by atoms with Gasteiger partial charge in [-0.3, -0.25) is 10.1 Å². The van der Waals surface area contributed by atoms with Crippen LogP contribution in [0.4, 0.5) is 5.69 Å². The highest BCUT2D eigenvalue weighted by molar-refractivity contribution is 5.79. The topological polar surface area (TPSA) is 41.6 Å². The maximum atomic E-state index is 11.6. The number of anilines is 1. The molecule has 0 atom stereocenters. The van der Waals surface area contributed by atoms with Crippen molar-refractivity contribution in [3.8, 4) is 0 Å². The maximum Gasteiger partial charge on any atom is 0.325 e. The number of carbonyl (C=O) groups is 1. The lowest BCUT2D eigenvalue weighted by Gasteiger charge is -2.23. The van der Waals surface area contributed by atoms with Crippen molar-refractivity contribution >= 4 is 11.7 Å². The molecule has 0 amide bonds. The van der Waals surface area contributed by atoms with Gasteiger partial charge in [0.05, 0.1) is 7.11 Å². The zero-order valence-corrected chi connectivity index (χ0v) is 12.1. The average molecular weight is 262 g/mol. The van der Waals surface area contributed by atoms with E-state index in [1.807, 2.05) is 13.8 Å². The molecule has 0 fully saturated rings. The number of likely N-dealkylation sites (N-methyl/N-ethyl adjacent to an activating group) is 1. The van der Waals surface area contributed by atoms with Crippen molar-refractivity contribution in [1.82, 2.24) is 5.32 Å². The van der Waals surface area contributed by atoms with Gasteiger partial charge in [-0.15, -0.1) is 0 Å². The van der Waals surface area contributed by atoms with Gasteiger partial charge in [0.2, 0.25) is 0 Å². The van der Waals surface area contributed by atoms with Crippen LogP contribution in [0.2, 0.25) is 0 Å². The molecule has 0 radical (unpaired) electrons. The fraction of sp³-hybridized carbons (Fsp3) is 0.533. The van der Waals surface area contributed by atoms with Crippen LogP contribution >= 0.6 is 0 Å². The molecule has 0 aromatic heterocycles. The standard InChI is InChI=1S/C15H22N2O2/c1-15(2,14(18)19-4)16-10-11-5-6-13-12(9-11)7-8-17(13)3/h5-6,9,16H,7-8,10H2,1-4H3. The Labute approximate surface area is 114 Å². The van der Waals surface area contributed by atoms with E-state index in [0.717, 1.165) is 13.0 Å². The minimum atomic E-state index is -0.662. The second-order valence-corrected chi connectivity index (χ2v) is 5.60. The Hall–Kier alpha value is -1.55. The molecule has 1 aliphatic heterocycles. The minimum absolute atomic E-state index is 0.242. The van der Waals surface area contributed by atoms with Gasteiger partial charge in [0.1, 0.15) is 5.54 Å². The first-order chi connectivity index (χ1) is 8.94. The minimum Gasteiger partial charge on any atom is -0.468 e. The van der Waals surface area contributed by atoms with Crippen molar-refractivity contribution in [1.29, 1.82) is 0 Å². The third kappa shape index (κ3) is 2.89. The van der Waals surface area contributed by atoms with Crippen molar-refractivity contribution in [2.75, 3.05) is 25.6 Å². The molecular weight excluding hydrogens is 240 g/mol. The Morgan fingerprint density at radius 3 is 2.89 bits per heavy atom. The predicted octanol–water partition coefficient (Wildman–Crippen LogP) is 1.72. The zero-order chi connectivity index (χ0) is 14.0. The summed E-state index contributed by atoms with van der Waals surface area (Å²) in [5.74, 6) is -0.242. The SMILES string of the molecule is COC(=O)C(C)(C)NCc1ccc2c(c1)CCN2C. The van der Waals surface area contributed by atoms with Crippen LogP contribution in [0.5, 0.6) is 0 Å². The lowest BCUT2D eigenvalue weighted by atomic mass is 10.0. The summed E-state index contributed by atoms with van der Waals surface area (Å²) in [6.07, 6.45) is 1.10. The number of ether oxygens (including phenoxy) is 1. The predicted molar refractivity (Wildman–Crippen MR) is 76.4 cm³/mol. The first kappa shape index (κ1) is 13.9. The Balaban J connectivity index is 2.03. The molecule has 1 N–H and O–H groups in total. The smallest absolute Gasteiger partial charge is 0.325 e. The molecule has 4 nitrogen and oxygen atoms in total. The van der Waals surface area contributed by atoms with Gasteiger partial charge < -0.3 is 9.64 Å². The Bertz CT molecular complexity index is 483. The zero-order valence-electron chi connectivity index (χ0n) is 12.1. The largest absolute Gasteiger partial charge is 0.468 e. The van der Waals surface area contributed by atoms with Crippen LogP contribution in [0.3, 0.4) is 0 Å². The second-order valence-electron chi connectivity index (χ2n) is 5.60. The summed E-state index contributed by atoms with van der Waals surface area (Å²) in [5.41, 5.74) is 3.24. The number of nitrogens with zero attached hydrogens (tertiary/aromatic N) is 1. The summed E-state index contributed by atoms with van der Waals surface area (Å²) in [6.45, 7) is 5.42. The number of hydrogen-bond donors (Lipinski definition) is 1. The lowest BCUT2D eigenvalue weighted by Crippen LogP contribution is -2.46. The Morgan fingerprint density at radius 2 is 2.21 bits per heavy atom. The summed E-state index contributed by atoms with van der Waals surface area (Å²) in [6, 6.07) is 6.49. The van der Waals surface area contributed by atoms with Gasteiger partial charge in [-0.25, -0.2) is 0 Å². The van der Waals surface area contributed by atoms with E-state index in [-0.39, 0.29) is 5.97 Å². The van der Waals surface area contributed by atoms with E-state index in [4.69, 9.17) is 4.74 Å². The number of carbonyl (C=O) groups excluding carboxylic acids is 1. The first-order valence-electron chi connectivity index (χ1n) is 6.60. The first-order valence-corrected chi connectivity index (χ1v) is 6.60. The van der Waals surface area contributed by atoms with Gasteiger partial charge in [-0.2, -0.15) is 0 Å². The molecule has 19 heavy (non-hydrogen) atoms. The molecule has 0 bridgehead atoms. The number of rotatable bonds is 4. The molecule has 1 aliphatic rings. The van der Waals surface area contributed by atoms with E-state index in [2.05, 4.69) is 35.5 Å². The van der Waals surface area contributed by atoms with Gasteiger partial charge in [-0.05, 0) is 37.5 Å². The van der Waals surface area contributed by atoms with Crippen molar-refractivity contribution in [2.24, 2.45) is 0 Å². The van der Waals surface area contributed by atoms with Gasteiger partial charge in [0.25, 0.3) is 0 Å². The summed E-state index contributed by atoms with van der Waals surface area (Å²) >= 11 is 0. The van der Waals surface area contributed by atoms with Gasteiger partial charge >= 0.3 is 5.97 Å². The fourth-order valence-electron chi connectivity index (χ4n) is 2.38. The van der Waals surface area contributed by atoms with Gasteiger partial charge in [0.15, 0.2) is 0 Å². The van der Waals surface area contributed by atoms with Crippen molar-refractivity contribution < 1.29 is 9.53 Å². The van der Waals surface area contributed by atoms with Crippen LogP contribution in [-0.2, 0) is 22.5 Å². The molecule has 1 heterocycles. The average Bonchev–Trinajstić information content (AvgIpc) is 2.77. The van der Waals surface area contributed by atoms with E-state index in [0.29, 0.717) is 6.54 Å². The molecule has 2 rings (SSSR count). The Morgan fingerprint density at radius 1 is 1.47 bits per heavy atom. The van der Waals surface area contributed by atoms with E-state index < -0.39 is 5.54 Å². The summed E-state index contributed by atoms with van der Waals surface area (Å²) < 4.78 is 4.78. The number of esters is 1. The summed E-state index contributed by atoms with van der Waals surface area (Å²) in [7, 11) is 3.53. The van der Waals surface area contributed by atoms with Crippen molar-refractivity contribution in [2.45, 2.75) is 32.4 Å². The number of nitrogens with one attached hydrogen (secondary N) is 1. The van der Waals surface area contributed by atoms with Crippen LogP contribution in [-0.4, -0.2) is 32.2 Å². The third-order valence-corrected chi connectivity index (χ3v) is 3.70. The van der Waals surface area contributed by atoms with Crippen molar-refractivity contribution in [3.63, 3.8) is 0 Å². The third-order valence-electron chi connectivity index (χ3n) is 3.70. The molecule has 4 heteroatoms. The lowest BCUT2D eigenvalue weighted by molar-refractivity contribution is -0.147. The van der Waals surface area contributed by atoms with Crippen LogP contribution in [0, 0.1) is 0 Å². The highest BCUT2D eigenvalue weighted by atomic mass is 16.5. The fourth-order valence-corrected chi connectivity index (χ4v) is 2.38. The molecule has 0 aliphatic carbocycles. The molecule has 0 saturated carbocycles. The molecular formula is C15H22N2O2. The van der Waals surface area contributed by atoms with Crippen LogP contribution in [0.25, 0.3) is 0 Å². The number of benzene rings is 1. The summed E-state index contributed by atoms with van der Waals surface area (Å²) in [5, 5.41) is 3.24. The number of fused-ring (bicyclic) bond motifs is 1. The van der Waals surface area contributed by atoms with Crippen LogP contribution in [0.1, 0.15) is 25.0 Å². The second kappa shape index (κ2) is 5.21. The molecule has 1 aromatic carbocycles. The molecule has 104 valence electrons. The van der Waals surface area contributed by atoms with E-state index in [1.54, 1.807) is 0 Å². The number of hydrogen-bond acceptors (Lipinski definition) is 4. The normalized spacial score (nSPS) is 14.4. The molecule has 0 saturated heterocycles. The van der Waals surface area contributed by atoms with Gasteiger partial charge in [-0.1, -0.05) is 12.1 Å².